The number of benzene rings is 1. The average molecular weight is 298 g/mol. The molecule has 112 valence electrons. The highest BCUT2D eigenvalue weighted by molar-refractivity contribution is 6.31. The van der Waals surface area contributed by atoms with Crippen LogP contribution in [0.5, 0.6) is 11.5 Å². The van der Waals surface area contributed by atoms with Gasteiger partial charge < -0.3 is 14.8 Å². The van der Waals surface area contributed by atoms with E-state index in [2.05, 4.69) is 33.0 Å². The van der Waals surface area contributed by atoms with Gasteiger partial charge >= 0.3 is 0 Å². The van der Waals surface area contributed by atoms with Gasteiger partial charge in [-0.05, 0) is 30.0 Å². The fourth-order valence-corrected chi connectivity index (χ4v) is 2.80. The van der Waals surface area contributed by atoms with Crippen LogP contribution in [-0.2, 0) is 5.41 Å². The first-order valence-electron chi connectivity index (χ1n) is 7.23. The third-order valence-corrected chi connectivity index (χ3v) is 3.98. The van der Waals surface area contributed by atoms with E-state index in [1.165, 1.54) is 0 Å². The lowest BCUT2D eigenvalue weighted by molar-refractivity contribution is 0.171. The summed E-state index contributed by atoms with van der Waals surface area (Å²) < 4.78 is 11.2. The number of ether oxygens (including phenoxy) is 2. The molecule has 0 saturated heterocycles. The summed E-state index contributed by atoms with van der Waals surface area (Å²) in [5.41, 5.74) is 1.11. The molecule has 0 atom stereocenters. The van der Waals surface area contributed by atoms with Gasteiger partial charge in [-0.25, -0.2) is 0 Å². The van der Waals surface area contributed by atoms with E-state index in [1.54, 1.807) is 0 Å². The second-order valence-electron chi connectivity index (χ2n) is 6.22. The van der Waals surface area contributed by atoms with E-state index >= 15 is 0 Å². The summed E-state index contributed by atoms with van der Waals surface area (Å²) in [6.45, 7) is 10.9. The van der Waals surface area contributed by atoms with Gasteiger partial charge in [-0.15, -0.1) is 0 Å². The predicted molar refractivity (Wildman–Crippen MR) is 83.2 cm³/mol. The SMILES string of the molecule is CC(C)NCCC(C)(C)c1cc2c(cc1Cl)OCCO2. The van der Waals surface area contributed by atoms with E-state index in [4.69, 9.17) is 21.1 Å². The van der Waals surface area contributed by atoms with Crippen molar-refractivity contribution in [1.82, 2.24) is 5.32 Å². The minimum absolute atomic E-state index is 0.00515. The first kappa shape index (κ1) is 15.5. The Morgan fingerprint density at radius 3 is 2.40 bits per heavy atom. The molecule has 1 heterocycles. The topological polar surface area (TPSA) is 30.5 Å². The number of nitrogens with one attached hydrogen (secondary N) is 1. The molecule has 1 aromatic carbocycles. The van der Waals surface area contributed by atoms with Crippen LogP contribution in [0.4, 0.5) is 0 Å². The molecular formula is C16H24ClNO2. The van der Waals surface area contributed by atoms with Crippen LogP contribution < -0.4 is 14.8 Å². The second kappa shape index (κ2) is 6.23. The first-order chi connectivity index (χ1) is 9.40. The standard InChI is InChI=1S/C16H24ClNO2/c1-11(2)18-6-5-16(3,4)12-9-14-15(10-13(12)17)20-8-7-19-14/h9-11,18H,5-8H2,1-4H3. The molecule has 20 heavy (non-hydrogen) atoms. The Morgan fingerprint density at radius 1 is 1.20 bits per heavy atom. The van der Waals surface area contributed by atoms with E-state index < -0.39 is 0 Å². The summed E-state index contributed by atoms with van der Waals surface area (Å²) >= 11 is 6.43. The van der Waals surface area contributed by atoms with Crippen molar-refractivity contribution in [3.05, 3.63) is 22.7 Å². The average Bonchev–Trinajstić information content (AvgIpc) is 2.37. The van der Waals surface area contributed by atoms with E-state index in [-0.39, 0.29) is 5.41 Å². The molecule has 0 spiro atoms. The second-order valence-corrected chi connectivity index (χ2v) is 6.63. The Bertz CT molecular complexity index is 472. The zero-order chi connectivity index (χ0) is 14.8. The first-order valence-corrected chi connectivity index (χ1v) is 7.61. The molecule has 4 heteroatoms. The maximum Gasteiger partial charge on any atom is 0.162 e. The van der Waals surface area contributed by atoms with Crippen molar-refractivity contribution in [2.45, 2.75) is 45.6 Å². The van der Waals surface area contributed by atoms with Crippen LogP contribution in [0.1, 0.15) is 39.7 Å². The van der Waals surface area contributed by atoms with E-state index in [0.717, 1.165) is 35.1 Å². The minimum Gasteiger partial charge on any atom is -0.486 e. The van der Waals surface area contributed by atoms with Crippen LogP contribution in [0.2, 0.25) is 5.02 Å². The Labute approximate surface area is 126 Å². The molecule has 1 aromatic rings. The summed E-state index contributed by atoms with van der Waals surface area (Å²) in [4.78, 5) is 0. The largest absolute Gasteiger partial charge is 0.486 e. The molecule has 0 fully saturated rings. The number of rotatable bonds is 5. The Morgan fingerprint density at radius 2 is 1.80 bits per heavy atom. The molecule has 1 N–H and O–H groups in total. The van der Waals surface area contributed by atoms with Gasteiger partial charge in [0.1, 0.15) is 13.2 Å². The molecule has 0 unspecified atom stereocenters. The van der Waals surface area contributed by atoms with Crippen molar-refractivity contribution in [1.29, 1.82) is 0 Å². The number of hydrogen-bond acceptors (Lipinski definition) is 3. The highest BCUT2D eigenvalue weighted by Gasteiger charge is 2.26. The molecule has 3 nitrogen and oxygen atoms in total. The lowest BCUT2D eigenvalue weighted by Crippen LogP contribution is -2.30. The molecule has 0 amide bonds. The molecule has 0 saturated carbocycles. The van der Waals surface area contributed by atoms with Crippen LogP contribution in [0, 0.1) is 0 Å². The van der Waals surface area contributed by atoms with Gasteiger partial charge in [0.15, 0.2) is 11.5 Å². The van der Waals surface area contributed by atoms with Crippen LogP contribution in [-0.4, -0.2) is 25.8 Å². The van der Waals surface area contributed by atoms with Gasteiger partial charge in [-0.2, -0.15) is 0 Å². The lowest BCUT2D eigenvalue weighted by atomic mass is 9.81. The van der Waals surface area contributed by atoms with Crippen molar-refractivity contribution in [3.63, 3.8) is 0 Å². The molecule has 0 aromatic heterocycles. The van der Waals surface area contributed by atoms with E-state index in [9.17, 15) is 0 Å². The summed E-state index contributed by atoms with van der Waals surface area (Å²) in [6.07, 6.45) is 1.02. The van der Waals surface area contributed by atoms with Gasteiger partial charge in [0.2, 0.25) is 0 Å². The minimum atomic E-state index is -0.00515. The van der Waals surface area contributed by atoms with Crippen molar-refractivity contribution in [2.75, 3.05) is 19.8 Å². The van der Waals surface area contributed by atoms with E-state index in [0.29, 0.717) is 19.3 Å². The van der Waals surface area contributed by atoms with Crippen LogP contribution in [0.15, 0.2) is 12.1 Å². The molecular weight excluding hydrogens is 274 g/mol. The number of fused-ring (bicyclic) bond motifs is 1. The monoisotopic (exact) mass is 297 g/mol. The zero-order valence-corrected chi connectivity index (χ0v) is 13.5. The molecule has 1 aliphatic rings. The number of hydrogen-bond donors (Lipinski definition) is 1. The van der Waals surface area contributed by atoms with Crippen LogP contribution >= 0.6 is 11.6 Å². The van der Waals surface area contributed by atoms with Gasteiger partial charge in [0.05, 0.1) is 0 Å². The summed E-state index contributed by atoms with van der Waals surface area (Å²) in [7, 11) is 0. The van der Waals surface area contributed by atoms with Crippen molar-refractivity contribution in [2.24, 2.45) is 0 Å². The highest BCUT2D eigenvalue weighted by atomic mass is 35.5. The molecule has 2 rings (SSSR count). The maximum atomic E-state index is 6.43. The molecule has 1 aliphatic heterocycles. The Balaban J connectivity index is 2.17. The fraction of sp³-hybridized carbons (Fsp3) is 0.625. The van der Waals surface area contributed by atoms with Crippen molar-refractivity contribution >= 4 is 11.6 Å². The van der Waals surface area contributed by atoms with Gasteiger partial charge in [0.25, 0.3) is 0 Å². The molecule has 0 bridgehead atoms. The summed E-state index contributed by atoms with van der Waals surface area (Å²) in [5, 5.41) is 4.21. The summed E-state index contributed by atoms with van der Waals surface area (Å²) in [6, 6.07) is 4.41. The third kappa shape index (κ3) is 3.58. The maximum absolute atomic E-state index is 6.43. The predicted octanol–water partition coefficient (Wildman–Crippen LogP) is 3.78. The zero-order valence-electron chi connectivity index (χ0n) is 12.8. The highest BCUT2D eigenvalue weighted by Crippen LogP contribution is 2.41. The van der Waals surface area contributed by atoms with E-state index in [1.807, 2.05) is 12.1 Å². The van der Waals surface area contributed by atoms with Crippen LogP contribution in [0.3, 0.4) is 0 Å². The Hall–Kier alpha value is -0.930. The molecule has 0 aliphatic carbocycles. The molecule has 0 radical (unpaired) electrons. The lowest BCUT2D eigenvalue weighted by Gasteiger charge is -2.29. The fourth-order valence-electron chi connectivity index (χ4n) is 2.39. The third-order valence-electron chi connectivity index (χ3n) is 3.66. The van der Waals surface area contributed by atoms with Gasteiger partial charge in [0, 0.05) is 17.1 Å². The van der Waals surface area contributed by atoms with Gasteiger partial charge in [-0.3, -0.25) is 0 Å². The van der Waals surface area contributed by atoms with Crippen molar-refractivity contribution in [3.8, 4) is 11.5 Å². The van der Waals surface area contributed by atoms with Crippen molar-refractivity contribution < 1.29 is 9.47 Å². The normalized spacial score (nSPS) is 14.7. The smallest absolute Gasteiger partial charge is 0.162 e. The Kier molecular flexibility index (Phi) is 4.82. The summed E-state index contributed by atoms with van der Waals surface area (Å²) in [5.74, 6) is 1.56. The number of halogens is 1. The van der Waals surface area contributed by atoms with Crippen LogP contribution in [0.25, 0.3) is 0 Å². The quantitative estimate of drug-likeness (QED) is 0.897. The van der Waals surface area contributed by atoms with Gasteiger partial charge in [-0.1, -0.05) is 39.3 Å².